The van der Waals surface area contributed by atoms with Crippen molar-refractivity contribution in [2.24, 2.45) is 0 Å². The minimum atomic E-state index is 0.189. The average molecular weight is 182 g/mol. The van der Waals surface area contributed by atoms with Crippen LogP contribution in [0.5, 0.6) is 0 Å². The summed E-state index contributed by atoms with van der Waals surface area (Å²) in [5, 5.41) is 0.875. The molecule has 3 heteroatoms. The lowest BCUT2D eigenvalue weighted by Gasteiger charge is -1.90. The van der Waals surface area contributed by atoms with Crippen LogP contribution in [0.3, 0.4) is 0 Å². The standard InChI is InChI=1S/C8H6OS2/c1-5-3-2-4-6-7(5)10-11-8(6)9/h2-4H,1H3. The smallest absolute Gasteiger partial charge is 0.250 e. The Morgan fingerprint density at radius 1 is 1.27 bits per heavy atom. The van der Waals surface area contributed by atoms with Gasteiger partial charge in [-0.1, -0.05) is 22.5 Å². The molecule has 2 rings (SSSR count). The molecule has 1 aromatic carbocycles. The number of hydrogen-bond donors (Lipinski definition) is 0. The van der Waals surface area contributed by atoms with Crippen LogP contribution in [0.4, 0.5) is 0 Å². The van der Waals surface area contributed by atoms with Crippen molar-refractivity contribution in [3.63, 3.8) is 0 Å². The fourth-order valence-corrected chi connectivity index (χ4v) is 3.39. The average Bonchev–Trinajstić information content (AvgIpc) is 2.35. The van der Waals surface area contributed by atoms with Gasteiger partial charge in [-0.25, -0.2) is 0 Å². The summed E-state index contributed by atoms with van der Waals surface area (Å²) in [6.07, 6.45) is 0. The normalized spacial score (nSPS) is 10.6. The van der Waals surface area contributed by atoms with E-state index in [0.717, 1.165) is 10.1 Å². The van der Waals surface area contributed by atoms with Crippen LogP contribution in [0.15, 0.2) is 23.0 Å². The zero-order valence-electron chi connectivity index (χ0n) is 5.96. The molecule has 0 atom stereocenters. The second-order valence-corrected chi connectivity index (χ2v) is 4.52. The monoisotopic (exact) mass is 182 g/mol. The van der Waals surface area contributed by atoms with Crippen molar-refractivity contribution in [3.8, 4) is 0 Å². The van der Waals surface area contributed by atoms with Crippen LogP contribution in [0, 0.1) is 6.92 Å². The Bertz CT molecular complexity index is 439. The number of hydrogen-bond acceptors (Lipinski definition) is 3. The Hall–Kier alpha value is -0.670. The summed E-state index contributed by atoms with van der Waals surface area (Å²) in [6, 6.07) is 5.85. The van der Waals surface area contributed by atoms with Crippen molar-refractivity contribution >= 4 is 30.8 Å². The molecule has 1 nitrogen and oxygen atoms in total. The van der Waals surface area contributed by atoms with Crippen molar-refractivity contribution in [1.29, 1.82) is 0 Å². The molecule has 0 N–H and O–H groups in total. The van der Waals surface area contributed by atoms with Gasteiger partial charge in [-0.05, 0) is 28.9 Å². The highest BCUT2D eigenvalue weighted by Gasteiger charge is 2.01. The lowest BCUT2D eigenvalue weighted by Crippen LogP contribution is -1.86. The molecular weight excluding hydrogens is 176 g/mol. The maximum absolute atomic E-state index is 11.2. The zero-order valence-corrected chi connectivity index (χ0v) is 7.59. The predicted octanol–water partition coefficient (Wildman–Crippen LogP) is 2.63. The van der Waals surface area contributed by atoms with Crippen LogP contribution in [-0.2, 0) is 0 Å². The van der Waals surface area contributed by atoms with E-state index in [2.05, 4.69) is 0 Å². The van der Waals surface area contributed by atoms with Crippen molar-refractivity contribution in [2.75, 3.05) is 0 Å². The molecule has 0 spiro atoms. The molecule has 2 aromatic rings. The third kappa shape index (κ3) is 1.01. The fourth-order valence-electron chi connectivity index (χ4n) is 1.05. The highest BCUT2D eigenvalue weighted by atomic mass is 32.9. The van der Waals surface area contributed by atoms with E-state index in [-0.39, 0.29) is 4.74 Å². The van der Waals surface area contributed by atoms with E-state index in [9.17, 15) is 4.79 Å². The van der Waals surface area contributed by atoms with Gasteiger partial charge in [0.25, 0.3) is 4.74 Å². The number of rotatable bonds is 0. The van der Waals surface area contributed by atoms with Gasteiger partial charge in [-0.15, -0.1) is 0 Å². The van der Waals surface area contributed by atoms with E-state index in [1.54, 1.807) is 10.3 Å². The summed E-state index contributed by atoms with van der Waals surface area (Å²) in [7, 11) is 2.89. The van der Waals surface area contributed by atoms with Crippen LogP contribution in [0.2, 0.25) is 0 Å². The Morgan fingerprint density at radius 2 is 2.09 bits per heavy atom. The van der Waals surface area contributed by atoms with Crippen LogP contribution >= 0.6 is 20.7 Å². The minimum Gasteiger partial charge on any atom is -0.276 e. The molecule has 0 amide bonds. The first-order valence-corrected chi connectivity index (χ1v) is 5.42. The van der Waals surface area contributed by atoms with Gasteiger partial charge in [0, 0.05) is 0 Å². The van der Waals surface area contributed by atoms with Gasteiger partial charge in [0.2, 0.25) is 0 Å². The van der Waals surface area contributed by atoms with E-state index in [1.165, 1.54) is 15.9 Å². The van der Waals surface area contributed by atoms with Gasteiger partial charge in [0.05, 0.1) is 10.1 Å². The molecule has 0 saturated heterocycles. The first-order valence-electron chi connectivity index (χ1n) is 3.27. The van der Waals surface area contributed by atoms with Crippen LogP contribution in [-0.4, -0.2) is 0 Å². The maximum Gasteiger partial charge on any atom is 0.250 e. The molecule has 0 aliphatic heterocycles. The molecule has 56 valence electrons. The van der Waals surface area contributed by atoms with Gasteiger partial charge in [0.1, 0.15) is 0 Å². The second kappa shape index (κ2) is 2.43. The molecule has 1 heterocycles. The summed E-state index contributed by atoms with van der Waals surface area (Å²) < 4.78 is 1.33. The van der Waals surface area contributed by atoms with Crippen molar-refractivity contribution < 1.29 is 0 Å². The SMILES string of the molecule is Cc1cccc2c(=O)ssc12. The zero-order chi connectivity index (χ0) is 7.84. The van der Waals surface area contributed by atoms with Gasteiger partial charge >= 0.3 is 0 Å². The van der Waals surface area contributed by atoms with E-state index < -0.39 is 0 Å². The van der Waals surface area contributed by atoms with Crippen molar-refractivity contribution in [3.05, 3.63) is 33.3 Å². The van der Waals surface area contributed by atoms with Crippen LogP contribution in [0.25, 0.3) is 10.1 Å². The second-order valence-electron chi connectivity index (χ2n) is 2.41. The summed E-state index contributed by atoms with van der Waals surface area (Å²) in [4.78, 5) is 11.2. The van der Waals surface area contributed by atoms with Crippen LogP contribution < -0.4 is 4.74 Å². The third-order valence-electron chi connectivity index (χ3n) is 1.63. The highest BCUT2D eigenvalue weighted by Crippen LogP contribution is 2.23. The maximum atomic E-state index is 11.2. The largest absolute Gasteiger partial charge is 0.276 e. The van der Waals surface area contributed by atoms with Crippen molar-refractivity contribution in [1.82, 2.24) is 0 Å². The summed E-state index contributed by atoms with van der Waals surface area (Å²) >= 11 is 0. The number of benzene rings is 1. The lowest BCUT2D eigenvalue weighted by atomic mass is 10.2. The topological polar surface area (TPSA) is 17.1 Å². The van der Waals surface area contributed by atoms with E-state index in [0.29, 0.717) is 0 Å². The quantitative estimate of drug-likeness (QED) is 0.572. The molecule has 11 heavy (non-hydrogen) atoms. The Labute approximate surface area is 71.3 Å². The van der Waals surface area contributed by atoms with Gasteiger partial charge in [0.15, 0.2) is 0 Å². The van der Waals surface area contributed by atoms with Gasteiger partial charge in [-0.3, -0.25) is 4.79 Å². The summed E-state index contributed by atoms with van der Waals surface area (Å²) in [5.74, 6) is 0. The Balaban J connectivity index is 3.06. The van der Waals surface area contributed by atoms with Crippen LogP contribution in [0.1, 0.15) is 5.56 Å². The molecule has 0 saturated carbocycles. The molecule has 0 radical (unpaired) electrons. The Morgan fingerprint density at radius 3 is 2.82 bits per heavy atom. The molecule has 0 fully saturated rings. The van der Waals surface area contributed by atoms with Gasteiger partial charge < -0.3 is 0 Å². The lowest BCUT2D eigenvalue weighted by molar-refractivity contribution is 1.56. The third-order valence-corrected chi connectivity index (χ3v) is 4.00. The fraction of sp³-hybridized carbons (Fsp3) is 0.125. The minimum absolute atomic E-state index is 0.189. The molecule has 1 aromatic heterocycles. The number of aryl methyl sites for hydroxylation is 1. The molecule has 0 unspecified atom stereocenters. The highest BCUT2D eigenvalue weighted by molar-refractivity contribution is 7.71. The first kappa shape index (κ1) is 7.00. The summed E-state index contributed by atoms with van der Waals surface area (Å²) in [5.41, 5.74) is 1.20. The molecule has 0 bridgehead atoms. The van der Waals surface area contributed by atoms with Crippen molar-refractivity contribution in [2.45, 2.75) is 6.92 Å². The Kier molecular flexibility index (Phi) is 1.55. The molecule has 0 aliphatic rings. The van der Waals surface area contributed by atoms with Gasteiger partial charge in [-0.2, -0.15) is 0 Å². The first-order chi connectivity index (χ1) is 5.29. The molecule has 0 aliphatic carbocycles. The predicted molar refractivity (Wildman–Crippen MR) is 50.7 cm³/mol. The van der Waals surface area contributed by atoms with E-state index in [4.69, 9.17) is 0 Å². The molecular formula is C8H6OS2. The number of fused-ring (bicyclic) bond motifs is 1. The van der Waals surface area contributed by atoms with E-state index in [1.807, 2.05) is 25.1 Å². The van der Waals surface area contributed by atoms with E-state index >= 15 is 0 Å². The summed E-state index contributed by atoms with van der Waals surface area (Å²) in [6.45, 7) is 2.03.